The summed E-state index contributed by atoms with van der Waals surface area (Å²) in [5, 5.41) is 15.8. The maximum Gasteiger partial charge on any atom is 0.323 e. The van der Waals surface area contributed by atoms with Gasteiger partial charge in [0.05, 0.1) is 0 Å². The first-order chi connectivity index (χ1) is 12.9. The molecule has 0 bridgehead atoms. The van der Waals surface area contributed by atoms with Crippen molar-refractivity contribution in [2.45, 2.75) is 58.0 Å². The van der Waals surface area contributed by atoms with Crippen LogP contribution in [0.25, 0.3) is 10.9 Å². The normalized spacial score (nSPS) is 19.8. The lowest BCUT2D eigenvalue weighted by Crippen LogP contribution is -2.43. The monoisotopic (exact) mass is 375 g/mol. The van der Waals surface area contributed by atoms with E-state index in [4.69, 9.17) is 0 Å². The molecule has 1 aliphatic rings. The second-order valence-electron chi connectivity index (χ2n) is 7.19. The summed E-state index contributed by atoms with van der Waals surface area (Å²) >= 11 is 0. The number of halogens is 1. The Morgan fingerprint density at radius 2 is 1.96 bits per heavy atom. The Bertz CT molecular complexity index is 854. The van der Waals surface area contributed by atoms with Crippen molar-refractivity contribution in [1.82, 2.24) is 15.2 Å². The standard InChI is InChI=1S/C20H26FN3O3/c1-3-22-20(27)23-15-7-4-13(5-8-15)19-12(2)24(11-18(25)26)17-9-6-14(21)10-16(17)19/h6,9-10,13,15H,3-5,7-8,11H2,1-2H3,(H,25,26)(H2,22,23,27). The van der Waals surface area contributed by atoms with Gasteiger partial charge in [-0.2, -0.15) is 0 Å². The number of carboxylic acid groups (broad SMARTS) is 1. The van der Waals surface area contributed by atoms with Crippen molar-refractivity contribution in [3.8, 4) is 0 Å². The lowest BCUT2D eigenvalue weighted by atomic mass is 9.80. The third-order valence-electron chi connectivity index (χ3n) is 5.44. The van der Waals surface area contributed by atoms with Crippen LogP contribution in [0.4, 0.5) is 9.18 Å². The van der Waals surface area contributed by atoms with Gasteiger partial charge in [-0.1, -0.05) is 0 Å². The third kappa shape index (κ3) is 4.07. The number of hydrogen-bond acceptors (Lipinski definition) is 2. The molecule has 2 amide bonds. The van der Waals surface area contributed by atoms with Gasteiger partial charge in [-0.25, -0.2) is 9.18 Å². The first-order valence-corrected chi connectivity index (χ1v) is 9.45. The topological polar surface area (TPSA) is 83.4 Å². The fourth-order valence-corrected chi connectivity index (χ4v) is 4.26. The minimum absolute atomic E-state index is 0.136. The zero-order chi connectivity index (χ0) is 19.6. The largest absolute Gasteiger partial charge is 0.480 e. The number of rotatable bonds is 5. The van der Waals surface area contributed by atoms with Gasteiger partial charge < -0.3 is 20.3 Å². The van der Waals surface area contributed by atoms with Crippen molar-refractivity contribution in [3.63, 3.8) is 0 Å². The second-order valence-corrected chi connectivity index (χ2v) is 7.19. The highest BCUT2D eigenvalue weighted by Gasteiger charge is 2.28. The summed E-state index contributed by atoms with van der Waals surface area (Å²) in [5.41, 5.74) is 2.69. The Kier molecular flexibility index (Phi) is 5.68. The number of nitrogens with one attached hydrogen (secondary N) is 2. The fraction of sp³-hybridized carbons (Fsp3) is 0.500. The van der Waals surface area contributed by atoms with E-state index in [9.17, 15) is 19.1 Å². The molecule has 3 rings (SSSR count). The summed E-state index contributed by atoms with van der Waals surface area (Å²) in [4.78, 5) is 23.0. The molecule has 27 heavy (non-hydrogen) atoms. The number of carbonyl (C=O) groups excluding carboxylic acids is 1. The van der Waals surface area contributed by atoms with E-state index in [1.165, 1.54) is 12.1 Å². The predicted octanol–water partition coefficient (Wildman–Crippen LogP) is 3.52. The van der Waals surface area contributed by atoms with Gasteiger partial charge in [-0.05, 0) is 69.2 Å². The number of nitrogens with zero attached hydrogens (tertiary/aromatic N) is 1. The van der Waals surface area contributed by atoms with Crippen LogP contribution in [-0.4, -0.2) is 34.3 Å². The Morgan fingerprint density at radius 3 is 2.59 bits per heavy atom. The van der Waals surface area contributed by atoms with Crippen molar-refractivity contribution in [3.05, 3.63) is 35.3 Å². The van der Waals surface area contributed by atoms with Gasteiger partial charge in [0, 0.05) is 29.2 Å². The van der Waals surface area contributed by atoms with Gasteiger partial charge in [-0.3, -0.25) is 4.79 Å². The van der Waals surface area contributed by atoms with Crippen molar-refractivity contribution in [2.75, 3.05) is 6.54 Å². The number of carboxylic acids is 1. The summed E-state index contributed by atoms with van der Waals surface area (Å²) in [6.07, 6.45) is 3.45. The molecule has 0 unspecified atom stereocenters. The average Bonchev–Trinajstić information content (AvgIpc) is 2.87. The number of benzene rings is 1. The number of urea groups is 1. The summed E-state index contributed by atoms with van der Waals surface area (Å²) < 4.78 is 15.6. The van der Waals surface area contributed by atoms with Crippen molar-refractivity contribution in [2.24, 2.45) is 0 Å². The van der Waals surface area contributed by atoms with E-state index in [2.05, 4.69) is 10.6 Å². The third-order valence-corrected chi connectivity index (χ3v) is 5.44. The van der Waals surface area contributed by atoms with Gasteiger partial charge in [0.2, 0.25) is 0 Å². The minimum Gasteiger partial charge on any atom is -0.480 e. The number of amides is 2. The highest BCUT2D eigenvalue weighted by atomic mass is 19.1. The molecule has 1 aliphatic carbocycles. The summed E-state index contributed by atoms with van der Waals surface area (Å²) in [5.74, 6) is -1.000. The lowest BCUT2D eigenvalue weighted by Gasteiger charge is -2.29. The van der Waals surface area contributed by atoms with Gasteiger partial charge in [-0.15, -0.1) is 0 Å². The van der Waals surface area contributed by atoms with Crippen LogP contribution in [0, 0.1) is 12.7 Å². The van der Waals surface area contributed by atoms with E-state index in [-0.39, 0.29) is 30.4 Å². The summed E-state index contributed by atoms with van der Waals surface area (Å²) in [6, 6.07) is 4.54. The Hall–Kier alpha value is -2.57. The van der Waals surface area contributed by atoms with Crippen LogP contribution in [-0.2, 0) is 11.3 Å². The number of hydrogen-bond donors (Lipinski definition) is 3. The molecule has 6 nitrogen and oxygen atoms in total. The van der Waals surface area contributed by atoms with Crippen LogP contribution < -0.4 is 10.6 Å². The molecule has 0 spiro atoms. The van der Waals surface area contributed by atoms with Gasteiger partial charge in [0.15, 0.2) is 0 Å². The van der Waals surface area contributed by atoms with E-state index in [1.54, 1.807) is 10.6 Å². The summed E-state index contributed by atoms with van der Waals surface area (Å²) in [7, 11) is 0. The Labute approximate surface area is 157 Å². The molecule has 1 heterocycles. The molecule has 0 radical (unpaired) electrons. The zero-order valence-electron chi connectivity index (χ0n) is 15.7. The molecule has 3 N–H and O–H groups in total. The smallest absolute Gasteiger partial charge is 0.323 e. The maximum atomic E-state index is 13.9. The Balaban J connectivity index is 1.85. The van der Waals surface area contributed by atoms with E-state index < -0.39 is 5.97 Å². The van der Waals surface area contributed by atoms with Gasteiger partial charge in [0.1, 0.15) is 12.4 Å². The molecular weight excluding hydrogens is 349 g/mol. The van der Waals surface area contributed by atoms with Gasteiger partial charge >= 0.3 is 12.0 Å². The van der Waals surface area contributed by atoms with E-state index >= 15 is 0 Å². The zero-order valence-corrected chi connectivity index (χ0v) is 15.7. The highest BCUT2D eigenvalue weighted by Crippen LogP contribution is 2.40. The SMILES string of the molecule is CCNC(=O)NC1CCC(c2c(C)n(CC(=O)O)c3ccc(F)cc23)CC1. The molecule has 0 saturated heterocycles. The van der Waals surface area contributed by atoms with E-state index in [0.29, 0.717) is 6.54 Å². The molecule has 0 aliphatic heterocycles. The molecule has 7 heteroatoms. The van der Waals surface area contributed by atoms with Crippen molar-refractivity contribution >= 4 is 22.9 Å². The molecule has 1 saturated carbocycles. The predicted molar refractivity (Wildman–Crippen MR) is 101 cm³/mol. The van der Waals surface area contributed by atoms with Crippen LogP contribution in [0.1, 0.15) is 49.8 Å². The number of fused-ring (bicyclic) bond motifs is 1. The average molecular weight is 375 g/mol. The quantitative estimate of drug-likeness (QED) is 0.748. The number of carbonyl (C=O) groups is 2. The van der Waals surface area contributed by atoms with E-state index in [1.807, 2.05) is 13.8 Å². The molecule has 0 atom stereocenters. The van der Waals surface area contributed by atoms with E-state index in [0.717, 1.165) is 47.8 Å². The van der Waals surface area contributed by atoms with Crippen molar-refractivity contribution in [1.29, 1.82) is 0 Å². The van der Waals surface area contributed by atoms with Crippen LogP contribution in [0.5, 0.6) is 0 Å². The molecule has 1 fully saturated rings. The maximum absolute atomic E-state index is 13.9. The first-order valence-electron chi connectivity index (χ1n) is 9.45. The van der Waals surface area contributed by atoms with Gasteiger partial charge in [0.25, 0.3) is 0 Å². The number of aliphatic carboxylic acids is 1. The number of aromatic nitrogens is 1. The Morgan fingerprint density at radius 1 is 1.26 bits per heavy atom. The minimum atomic E-state index is -0.916. The molecule has 146 valence electrons. The lowest BCUT2D eigenvalue weighted by molar-refractivity contribution is -0.137. The second kappa shape index (κ2) is 7.98. The van der Waals surface area contributed by atoms with Crippen molar-refractivity contribution < 1.29 is 19.1 Å². The molecule has 2 aromatic rings. The van der Waals surface area contributed by atoms with Crippen LogP contribution in [0.3, 0.4) is 0 Å². The summed E-state index contributed by atoms with van der Waals surface area (Å²) in [6.45, 7) is 4.25. The first kappa shape index (κ1) is 19.2. The molecular formula is C20H26FN3O3. The highest BCUT2D eigenvalue weighted by molar-refractivity contribution is 5.87. The van der Waals surface area contributed by atoms with Crippen LogP contribution in [0.2, 0.25) is 0 Å². The van der Waals surface area contributed by atoms with Crippen LogP contribution in [0.15, 0.2) is 18.2 Å². The molecule has 1 aromatic heterocycles. The van der Waals surface area contributed by atoms with Crippen LogP contribution >= 0.6 is 0 Å². The fourth-order valence-electron chi connectivity index (χ4n) is 4.26. The molecule has 1 aromatic carbocycles.